The molecule has 0 bridgehead atoms. The molecule has 2 unspecified atom stereocenters. The summed E-state index contributed by atoms with van der Waals surface area (Å²) in [6, 6.07) is 30.9. The van der Waals surface area contributed by atoms with Crippen molar-refractivity contribution in [3.8, 4) is 17.2 Å². The Kier molecular flexibility index (Phi) is 9.71. The zero-order valence-electron chi connectivity index (χ0n) is 25.3. The van der Waals surface area contributed by atoms with Gasteiger partial charge in [-0.15, -0.1) is 0 Å². The summed E-state index contributed by atoms with van der Waals surface area (Å²) < 4.78 is 23.3. The van der Waals surface area contributed by atoms with Gasteiger partial charge in [-0.05, 0) is 76.9 Å². The van der Waals surface area contributed by atoms with E-state index in [1.54, 1.807) is 24.3 Å². The molecule has 45 heavy (non-hydrogen) atoms. The van der Waals surface area contributed by atoms with Crippen molar-refractivity contribution in [1.29, 1.82) is 5.41 Å². The number of benzene rings is 4. The van der Waals surface area contributed by atoms with E-state index in [1.165, 1.54) is 0 Å². The van der Waals surface area contributed by atoms with Gasteiger partial charge < -0.3 is 34.9 Å². The molecule has 1 aliphatic rings. The molecule has 1 fully saturated rings. The first-order valence-corrected chi connectivity index (χ1v) is 14.8. The molecule has 0 saturated carbocycles. The van der Waals surface area contributed by atoms with Crippen molar-refractivity contribution in [2.45, 2.75) is 63.8 Å². The third-order valence-corrected chi connectivity index (χ3v) is 7.93. The number of hydrogen-bond acceptors (Lipinski definition) is 7. The molecule has 234 valence electrons. The standard InChI is InChI=1S/C36H38N2O7/c1-36(2,27-10-16-31(17-11-27)44-33-20-28(39)19-32(45-33)35(40)41)26-8-14-30(15-9-26)43-22-24-5-3-4-23(18-24)21-42-29-12-6-25(7-13-29)34(37)38/h3-18,28,32-33,39H,19-22H2,1-2H3,(H3,37,38)(H,40,41)/t28?,32-,33?/m0/s1. The second kappa shape index (κ2) is 13.8. The molecule has 1 heterocycles. The first kappa shape index (κ1) is 31.6. The topological polar surface area (TPSA) is 144 Å². The predicted molar refractivity (Wildman–Crippen MR) is 170 cm³/mol. The van der Waals surface area contributed by atoms with Crippen LogP contribution in [0.2, 0.25) is 0 Å². The van der Waals surface area contributed by atoms with Crippen LogP contribution in [0.15, 0.2) is 97.1 Å². The highest BCUT2D eigenvalue weighted by Crippen LogP contribution is 2.34. The van der Waals surface area contributed by atoms with Crippen molar-refractivity contribution in [3.05, 3.63) is 125 Å². The Morgan fingerprint density at radius 1 is 0.844 bits per heavy atom. The van der Waals surface area contributed by atoms with E-state index in [1.807, 2.05) is 54.6 Å². The summed E-state index contributed by atoms with van der Waals surface area (Å²) in [5.74, 6) is 0.930. The van der Waals surface area contributed by atoms with E-state index in [-0.39, 0.29) is 24.1 Å². The molecule has 1 saturated heterocycles. The van der Waals surface area contributed by atoms with Crippen LogP contribution < -0.4 is 19.9 Å². The molecule has 0 amide bonds. The number of carboxylic acids is 1. The summed E-state index contributed by atoms with van der Waals surface area (Å²) >= 11 is 0. The minimum absolute atomic E-state index is 0.0262. The van der Waals surface area contributed by atoms with Gasteiger partial charge in [-0.25, -0.2) is 4.79 Å². The van der Waals surface area contributed by atoms with Crippen molar-refractivity contribution in [1.82, 2.24) is 0 Å². The Balaban J connectivity index is 1.14. The van der Waals surface area contributed by atoms with Crippen molar-refractivity contribution in [2.75, 3.05) is 0 Å². The maximum Gasteiger partial charge on any atom is 0.333 e. The molecule has 0 spiro atoms. The van der Waals surface area contributed by atoms with E-state index in [0.29, 0.717) is 30.3 Å². The van der Waals surface area contributed by atoms with Crippen LogP contribution in [0.1, 0.15) is 54.5 Å². The number of carboxylic acid groups (broad SMARTS) is 1. The molecule has 3 atom stereocenters. The summed E-state index contributed by atoms with van der Waals surface area (Å²) in [4.78, 5) is 11.3. The minimum atomic E-state index is -1.11. The van der Waals surface area contributed by atoms with Crippen LogP contribution in [0.5, 0.6) is 17.2 Å². The monoisotopic (exact) mass is 610 g/mol. The third-order valence-electron chi connectivity index (χ3n) is 7.93. The van der Waals surface area contributed by atoms with Gasteiger partial charge in [0.05, 0.1) is 6.10 Å². The molecule has 9 nitrogen and oxygen atoms in total. The normalized spacial score (nSPS) is 18.2. The molecule has 4 aromatic rings. The number of carbonyl (C=O) groups is 1. The molecule has 0 radical (unpaired) electrons. The van der Waals surface area contributed by atoms with Gasteiger partial charge in [0.2, 0.25) is 6.29 Å². The Labute approximate surface area is 262 Å². The predicted octanol–water partition coefficient (Wildman–Crippen LogP) is 5.78. The fraction of sp³-hybridized carbons (Fsp3) is 0.278. The van der Waals surface area contributed by atoms with Crippen molar-refractivity contribution < 1.29 is 34.0 Å². The minimum Gasteiger partial charge on any atom is -0.489 e. The van der Waals surface area contributed by atoms with Gasteiger partial charge in [-0.2, -0.15) is 0 Å². The van der Waals surface area contributed by atoms with Gasteiger partial charge in [0.1, 0.15) is 36.3 Å². The molecule has 0 aliphatic carbocycles. The number of aliphatic carboxylic acids is 1. The fourth-order valence-corrected chi connectivity index (χ4v) is 5.20. The summed E-state index contributed by atoms with van der Waals surface area (Å²) in [5, 5.41) is 26.7. The van der Waals surface area contributed by atoms with E-state index in [2.05, 4.69) is 32.0 Å². The number of rotatable bonds is 12. The molecule has 5 N–H and O–H groups in total. The lowest BCUT2D eigenvalue weighted by atomic mass is 9.78. The molecular weight excluding hydrogens is 572 g/mol. The number of hydrogen-bond donors (Lipinski definition) is 4. The van der Waals surface area contributed by atoms with Crippen LogP contribution in [-0.2, 0) is 28.2 Å². The molecule has 5 rings (SSSR count). The second-order valence-electron chi connectivity index (χ2n) is 11.6. The molecule has 9 heteroatoms. The largest absolute Gasteiger partial charge is 0.489 e. The number of aliphatic hydroxyl groups is 1. The van der Waals surface area contributed by atoms with E-state index in [9.17, 15) is 15.0 Å². The zero-order chi connectivity index (χ0) is 32.0. The van der Waals surface area contributed by atoms with Crippen LogP contribution in [0.4, 0.5) is 0 Å². The number of nitrogen functional groups attached to an aromatic ring is 1. The van der Waals surface area contributed by atoms with Gasteiger partial charge in [0.25, 0.3) is 0 Å². The molecule has 1 aliphatic heterocycles. The van der Waals surface area contributed by atoms with E-state index < -0.39 is 24.5 Å². The summed E-state index contributed by atoms with van der Waals surface area (Å²) in [7, 11) is 0. The zero-order valence-corrected chi connectivity index (χ0v) is 25.3. The fourth-order valence-electron chi connectivity index (χ4n) is 5.20. The van der Waals surface area contributed by atoms with Crippen molar-refractivity contribution in [2.24, 2.45) is 5.73 Å². The Morgan fingerprint density at radius 3 is 1.87 bits per heavy atom. The first-order chi connectivity index (χ1) is 21.6. The van der Waals surface area contributed by atoms with Crippen LogP contribution in [0.25, 0.3) is 0 Å². The van der Waals surface area contributed by atoms with Gasteiger partial charge in [-0.1, -0.05) is 56.3 Å². The Hall–Kier alpha value is -4.86. The number of nitrogens with two attached hydrogens (primary N) is 1. The van der Waals surface area contributed by atoms with Gasteiger partial charge in [-0.3, -0.25) is 5.41 Å². The average Bonchev–Trinajstić information content (AvgIpc) is 3.03. The maximum atomic E-state index is 11.3. The van der Waals surface area contributed by atoms with E-state index >= 15 is 0 Å². The van der Waals surface area contributed by atoms with Crippen molar-refractivity contribution >= 4 is 11.8 Å². The van der Waals surface area contributed by atoms with Gasteiger partial charge in [0, 0.05) is 23.8 Å². The first-order valence-electron chi connectivity index (χ1n) is 14.8. The molecule has 4 aromatic carbocycles. The van der Waals surface area contributed by atoms with Crippen LogP contribution in [-0.4, -0.2) is 40.5 Å². The highest BCUT2D eigenvalue weighted by molar-refractivity contribution is 5.94. The summed E-state index contributed by atoms with van der Waals surface area (Å²) in [6.07, 6.45) is -2.43. The highest BCUT2D eigenvalue weighted by atomic mass is 16.7. The lowest BCUT2D eigenvalue weighted by Crippen LogP contribution is -2.42. The molecular formula is C36H38N2O7. The number of aliphatic hydroxyl groups excluding tert-OH is 1. The number of ether oxygens (including phenoxy) is 4. The van der Waals surface area contributed by atoms with Crippen LogP contribution in [0.3, 0.4) is 0 Å². The summed E-state index contributed by atoms with van der Waals surface area (Å²) in [5.41, 5.74) is 10.1. The maximum absolute atomic E-state index is 11.3. The van der Waals surface area contributed by atoms with E-state index in [0.717, 1.165) is 28.0 Å². The Morgan fingerprint density at radius 2 is 1.36 bits per heavy atom. The molecule has 0 aromatic heterocycles. The number of amidine groups is 1. The quantitative estimate of drug-likeness (QED) is 0.117. The number of nitrogens with one attached hydrogen (secondary N) is 1. The van der Waals surface area contributed by atoms with Crippen molar-refractivity contribution in [3.63, 3.8) is 0 Å². The lowest BCUT2D eigenvalue weighted by molar-refractivity contribution is -0.195. The second-order valence-corrected chi connectivity index (χ2v) is 11.6. The average molecular weight is 611 g/mol. The van der Waals surface area contributed by atoms with Gasteiger partial charge >= 0.3 is 5.97 Å². The van der Waals surface area contributed by atoms with Crippen LogP contribution >= 0.6 is 0 Å². The lowest BCUT2D eigenvalue weighted by Gasteiger charge is -2.31. The van der Waals surface area contributed by atoms with Gasteiger partial charge in [0.15, 0.2) is 6.10 Å². The van der Waals surface area contributed by atoms with Crippen LogP contribution in [0, 0.1) is 5.41 Å². The highest BCUT2D eigenvalue weighted by Gasteiger charge is 2.34. The SMILES string of the molecule is CC(C)(c1ccc(OCc2cccc(COc3ccc(C(=N)N)cc3)c2)cc1)c1ccc(OC2CC(O)C[C@@H](C(=O)O)O2)cc1. The van der Waals surface area contributed by atoms with E-state index in [4.69, 9.17) is 30.1 Å². The summed E-state index contributed by atoms with van der Waals surface area (Å²) in [6.45, 7) is 5.11. The Bertz CT molecular complexity index is 1600. The third kappa shape index (κ3) is 8.20. The smallest absolute Gasteiger partial charge is 0.333 e.